The van der Waals surface area contributed by atoms with E-state index in [-0.39, 0.29) is 27.0 Å². The van der Waals surface area contributed by atoms with Gasteiger partial charge in [-0.3, -0.25) is 4.79 Å². The molecule has 1 aliphatic carbocycles. The van der Waals surface area contributed by atoms with Gasteiger partial charge < -0.3 is 10.4 Å². The lowest BCUT2D eigenvalue weighted by Gasteiger charge is -2.21. The zero-order valence-corrected chi connectivity index (χ0v) is 23.2. The number of amides is 1. The number of halogens is 4. The Morgan fingerprint density at radius 3 is 2.49 bits per heavy atom. The van der Waals surface area contributed by atoms with Crippen molar-refractivity contribution in [1.82, 2.24) is 15.0 Å². The third kappa shape index (κ3) is 8.13. The summed E-state index contributed by atoms with van der Waals surface area (Å²) in [5.74, 6) is -0.161. The Kier molecular flexibility index (Phi) is 9.32. The van der Waals surface area contributed by atoms with Crippen LogP contribution in [-0.2, 0) is 16.4 Å². The van der Waals surface area contributed by atoms with Gasteiger partial charge in [-0.25, -0.2) is 13.4 Å². The van der Waals surface area contributed by atoms with Gasteiger partial charge in [0, 0.05) is 17.1 Å². The molecule has 0 aliphatic heterocycles. The number of aliphatic hydroxyl groups is 1. The van der Waals surface area contributed by atoms with E-state index in [0.29, 0.717) is 22.9 Å². The fourth-order valence-corrected chi connectivity index (χ4v) is 6.61. The minimum atomic E-state index is -4.75. The Balaban J connectivity index is 2.01. The summed E-state index contributed by atoms with van der Waals surface area (Å²) in [4.78, 5) is 17.4. The van der Waals surface area contributed by atoms with Gasteiger partial charge in [-0.2, -0.15) is 17.9 Å². The van der Waals surface area contributed by atoms with Crippen molar-refractivity contribution in [2.75, 3.05) is 6.54 Å². The van der Waals surface area contributed by atoms with Crippen LogP contribution in [0.15, 0.2) is 23.1 Å². The maximum atomic E-state index is 13.0. The van der Waals surface area contributed by atoms with Gasteiger partial charge in [0.05, 0.1) is 21.1 Å². The topological polar surface area (TPSA) is 108 Å². The highest BCUT2D eigenvalue weighted by Gasteiger charge is 2.39. The number of nitrogens with zero attached hydrogens (tertiary/aromatic N) is 1. The molecule has 2 aromatic rings. The van der Waals surface area contributed by atoms with Gasteiger partial charge in [0.2, 0.25) is 10.0 Å². The van der Waals surface area contributed by atoms with Gasteiger partial charge in [-0.1, -0.05) is 43.7 Å². The number of aromatic nitrogens is 1. The number of rotatable bonds is 9. The first-order valence-corrected chi connectivity index (χ1v) is 14.6. The Hall–Kier alpha value is -1.73. The second kappa shape index (κ2) is 11.6. The van der Waals surface area contributed by atoms with Crippen molar-refractivity contribution in [3.8, 4) is 10.4 Å². The molecular weight excluding hydrogens is 551 g/mol. The van der Waals surface area contributed by atoms with Crippen molar-refractivity contribution in [2.24, 2.45) is 5.92 Å². The maximum Gasteiger partial charge on any atom is 0.404 e. The van der Waals surface area contributed by atoms with Crippen LogP contribution in [0, 0.1) is 5.92 Å². The summed E-state index contributed by atoms with van der Waals surface area (Å²) in [5.41, 5.74) is -0.278. The Labute approximate surface area is 223 Å². The number of hydrogen-bond donors (Lipinski definition) is 3. The summed E-state index contributed by atoms with van der Waals surface area (Å²) in [6.45, 7) is 3.82. The van der Waals surface area contributed by atoms with Crippen molar-refractivity contribution in [2.45, 2.75) is 82.0 Å². The van der Waals surface area contributed by atoms with Crippen molar-refractivity contribution < 1.29 is 31.5 Å². The molecule has 37 heavy (non-hydrogen) atoms. The van der Waals surface area contributed by atoms with E-state index in [0.717, 1.165) is 56.4 Å². The smallest absolute Gasteiger partial charge is 0.389 e. The van der Waals surface area contributed by atoms with Crippen LogP contribution in [0.1, 0.15) is 68.4 Å². The summed E-state index contributed by atoms with van der Waals surface area (Å²) in [7, 11) is -4.52. The zero-order chi connectivity index (χ0) is 27.6. The van der Waals surface area contributed by atoms with Crippen LogP contribution in [0.3, 0.4) is 0 Å². The molecule has 1 fully saturated rings. The molecule has 1 saturated carbocycles. The minimum absolute atomic E-state index is 0.00372. The molecule has 0 spiro atoms. The summed E-state index contributed by atoms with van der Waals surface area (Å²) < 4.78 is 66.1. The van der Waals surface area contributed by atoms with Gasteiger partial charge in [0.1, 0.15) is 6.04 Å². The fourth-order valence-electron chi connectivity index (χ4n) is 4.05. The van der Waals surface area contributed by atoms with E-state index in [1.165, 1.54) is 12.1 Å². The second-order valence-electron chi connectivity index (χ2n) is 10.0. The van der Waals surface area contributed by atoms with Gasteiger partial charge in [0.25, 0.3) is 5.91 Å². The second-order valence-corrected chi connectivity index (χ2v) is 13.1. The number of carbonyl (C=O) groups is 1. The van der Waals surface area contributed by atoms with E-state index in [4.69, 9.17) is 11.6 Å². The lowest BCUT2D eigenvalue weighted by molar-refractivity contribution is -0.147. The molecule has 1 amide bonds. The highest BCUT2D eigenvalue weighted by atomic mass is 35.5. The zero-order valence-electron chi connectivity index (χ0n) is 20.8. The lowest BCUT2D eigenvalue weighted by Crippen LogP contribution is -2.42. The van der Waals surface area contributed by atoms with E-state index in [1.54, 1.807) is 18.6 Å². The number of benzene rings is 1. The summed E-state index contributed by atoms with van der Waals surface area (Å²) >= 11 is 7.46. The minimum Gasteiger partial charge on any atom is -0.389 e. The molecule has 0 bridgehead atoms. The molecule has 1 aromatic carbocycles. The van der Waals surface area contributed by atoms with Crippen LogP contribution in [0.5, 0.6) is 0 Å². The molecule has 1 unspecified atom stereocenters. The molecule has 3 N–H and O–H groups in total. The summed E-state index contributed by atoms with van der Waals surface area (Å²) in [6.07, 6.45) is 1.12. The van der Waals surface area contributed by atoms with Crippen LogP contribution in [-0.4, -0.2) is 48.8 Å². The summed E-state index contributed by atoms with van der Waals surface area (Å²) in [5, 5.41) is 12.9. The first kappa shape index (κ1) is 29.8. The summed E-state index contributed by atoms with van der Waals surface area (Å²) in [6, 6.07) is 1.37. The van der Waals surface area contributed by atoms with Crippen LogP contribution >= 0.6 is 22.9 Å². The number of sulfonamides is 1. The average molecular weight is 582 g/mol. The van der Waals surface area contributed by atoms with E-state index in [1.807, 2.05) is 0 Å². The van der Waals surface area contributed by atoms with E-state index in [2.05, 4.69) is 10.3 Å². The molecule has 13 heteroatoms. The molecule has 0 saturated heterocycles. The molecule has 1 atom stereocenters. The number of alkyl halides is 3. The van der Waals surface area contributed by atoms with Gasteiger partial charge in [0.15, 0.2) is 5.01 Å². The largest absolute Gasteiger partial charge is 0.404 e. The van der Waals surface area contributed by atoms with Crippen molar-refractivity contribution >= 4 is 38.9 Å². The van der Waals surface area contributed by atoms with Crippen molar-refractivity contribution in [3.63, 3.8) is 0 Å². The molecule has 206 valence electrons. The molecule has 1 aliphatic rings. The third-order valence-electron chi connectivity index (χ3n) is 6.10. The van der Waals surface area contributed by atoms with E-state index < -0.39 is 33.7 Å². The normalized spacial score (nSPS) is 16.5. The predicted octanol–water partition coefficient (Wildman–Crippen LogP) is 5.32. The van der Waals surface area contributed by atoms with Crippen molar-refractivity contribution in [1.29, 1.82) is 0 Å². The van der Waals surface area contributed by atoms with Crippen molar-refractivity contribution in [3.05, 3.63) is 33.9 Å². The SMILES string of the molecule is CC(NS(=O)(=O)c1ccc(Cl)c(-c2sc(C(=O)NCC(C)(C)O)nc2CC2CCCCC2)c1)C(F)(F)F. The van der Waals surface area contributed by atoms with Gasteiger partial charge >= 0.3 is 6.18 Å². The number of hydrogen-bond acceptors (Lipinski definition) is 6. The van der Waals surface area contributed by atoms with Crippen LogP contribution in [0.2, 0.25) is 5.02 Å². The quantitative estimate of drug-likeness (QED) is 0.372. The number of carbonyl (C=O) groups excluding carboxylic acids is 1. The van der Waals surface area contributed by atoms with Gasteiger partial charge in [-0.15, -0.1) is 11.3 Å². The highest BCUT2D eigenvalue weighted by Crippen LogP contribution is 2.39. The average Bonchev–Trinajstić information content (AvgIpc) is 3.20. The lowest BCUT2D eigenvalue weighted by atomic mass is 9.85. The predicted molar refractivity (Wildman–Crippen MR) is 137 cm³/mol. The standard InChI is InChI=1S/C24H31ClF3N3O4S2/c1-14(24(26,27)28)31-37(34,35)16-9-10-18(25)17(12-16)20-19(11-15-7-5-4-6-8-15)30-22(36-20)21(32)29-13-23(2,3)33/h9-10,12,14-15,31,33H,4-8,11,13H2,1-3H3,(H,29,32). The first-order chi connectivity index (χ1) is 17.1. The Morgan fingerprint density at radius 2 is 1.89 bits per heavy atom. The monoisotopic (exact) mass is 581 g/mol. The molecule has 7 nitrogen and oxygen atoms in total. The fraction of sp³-hybridized carbons (Fsp3) is 0.583. The van der Waals surface area contributed by atoms with Crippen LogP contribution in [0.4, 0.5) is 13.2 Å². The van der Waals surface area contributed by atoms with Crippen LogP contribution in [0.25, 0.3) is 10.4 Å². The molecule has 1 heterocycles. The number of nitrogens with one attached hydrogen (secondary N) is 2. The van der Waals surface area contributed by atoms with Crippen LogP contribution < -0.4 is 10.0 Å². The number of thiazole rings is 1. The van der Waals surface area contributed by atoms with E-state index in [9.17, 15) is 31.5 Å². The van der Waals surface area contributed by atoms with E-state index >= 15 is 0 Å². The molecular formula is C24H31ClF3N3O4S2. The first-order valence-electron chi connectivity index (χ1n) is 12.0. The maximum absolute atomic E-state index is 13.0. The molecule has 3 rings (SSSR count). The molecule has 1 aromatic heterocycles. The molecule has 0 radical (unpaired) electrons. The Morgan fingerprint density at radius 1 is 1.24 bits per heavy atom. The highest BCUT2D eigenvalue weighted by molar-refractivity contribution is 7.89. The Bertz CT molecular complexity index is 1220. The van der Waals surface area contributed by atoms with Gasteiger partial charge in [-0.05, 0) is 51.3 Å². The third-order valence-corrected chi connectivity index (χ3v) is 9.09.